The van der Waals surface area contributed by atoms with Gasteiger partial charge in [-0.15, -0.1) is 5.10 Å². The van der Waals surface area contributed by atoms with Crippen LogP contribution in [-0.4, -0.2) is 26.7 Å². The van der Waals surface area contributed by atoms with Gasteiger partial charge < -0.3 is 5.11 Å². The van der Waals surface area contributed by atoms with Crippen LogP contribution in [0.25, 0.3) is 5.69 Å². The minimum absolute atomic E-state index is 0.0672. The number of hydrogen-bond donors (Lipinski definition) is 1. The molecular weight excluding hydrogens is 228 g/mol. The van der Waals surface area contributed by atoms with Crippen LogP contribution in [0.15, 0.2) is 24.4 Å². The molecule has 0 bridgehead atoms. The van der Waals surface area contributed by atoms with Crippen molar-refractivity contribution in [2.24, 2.45) is 0 Å². The molecule has 0 spiro atoms. The highest BCUT2D eigenvalue weighted by atomic mass is 19.1. The Hall–Kier alpha value is -1.82. The zero-order valence-corrected chi connectivity index (χ0v) is 8.98. The van der Waals surface area contributed by atoms with E-state index in [2.05, 4.69) is 10.3 Å². The van der Waals surface area contributed by atoms with Gasteiger partial charge in [0.1, 0.15) is 11.5 Å². The van der Waals surface area contributed by atoms with Gasteiger partial charge in [0.2, 0.25) is 0 Å². The van der Waals surface area contributed by atoms with E-state index in [4.69, 9.17) is 5.11 Å². The van der Waals surface area contributed by atoms with E-state index in [1.54, 1.807) is 6.20 Å². The maximum atomic E-state index is 13.4. The predicted octanol–water partition coefficient (Wildman–Crippen LogP) is 1.47. The van der Waals surface area contributed by atoms with Gasteiger partial charge in [-0.2, -0.15) is 0 Å². The Morgan fingerprint density at radius 2 is 2.12 bits per heavy atom. The number of aliphatic hydroxyl groups excluding tert-OH is 1. The Kier molecular flexibility index (Phi) is 3.43. The standard InChI is InChI=1S/C11H11F2N3O/c12-8-3-4-11(10(13)6-8)16-7-9(14-15-16)2-1-5-17/h3-4,6-7,17H,1-2,5H2. The van der Waals surface area contributed by atoms with Crippen LogP contribution in [0.3, 0.4) is 0 Å². The van der Waals surface area contributed by atoms with Crippen molar-refractivity contribution in [1.29, 1.82) is 0 Å². The highest BCUT2D eigenvalue weighted by Gasteiger charge is 2.08. The number of halogens is 2. The second-order valence-electron chi connectivity index (χ2n) is 3.58. The van der Waals surface area contributed by atoms with Crippen molar-refractivity contribution < 1.29 is 13.9 Å². The van der Waals surface area contributed by atoms with Crippen molar-refractivity contribution in [2.75, 3.05) is 6.61 Å². The molecule has 2 rings (SSSR count). The number of aliphatic hydroxyl groups is 1. The molecule has 0 unspecified atom stereocenters. The number of hydrogen-bond acceptors (Lipinski definition) is 3. The molecule has 1 aromatic carbocycles. The molecule has 0 saturated heterocycles. The van der Waals surface area contributed by atoms with Gasteiger partial charge in [0.05, 0.1) is 11.9 Å². The molecule has 0 aliphatic carbocycles. The molecule has 17 heavy (non-hydrogen) atoms. The Labute approximate surface area is 96.5 Å². The summed E-state index contributed by atoms with van der Waals surface area (Å²) in [6.07, 6.45) is 2.70. The van der Waals surface area contributed by atoms with E-state index in [-0.39, 0.29) is 12.3 Å². The van der Waals surface area contributed by atoms with E-state index in [0.717, 1.165) is 12.1 Å². The minimum atomic E-state index is -0.691. The van der Waals surface area contributed by atoms with Crippen molar-refractivity contribution in [2.45, 2.75) is 12.8 Å². The number of nitrogens with zero attached hydrogens (tertiary/aromatic N) is 3. The number of aryl methyl sites for hydroxylation is 1. The van der Waals surface area contributed by atoms with Crippen LogP contribution in [0.4, 0.5) is 8.78 Å². The van der Waals surface area contributed by atoms with E-state index >= 15 is 0 Å². The lowest BCUT2D eigenvalue weighted by Crippen LogP contribution is -1.99. The first-order chi connectivity index (χ1) is 8.20. The van der Waals surface area contributed by atoms with E-state index in [1.165, 1.54) is 10.7 Å². The van der Waals surface area contributed by atoms with Crippen LogP contribution in [-0.2, 0) is 6.42 Å². The Bertz CT molecular complexity index is 513. The van der Waals surface area contributed by atoms with Crippen molar-refractivity contribution in [3.05, 3.63) is 41.7 Å². The summed E-state index contributed by atoms with van der Waals surface area (Å²) in [6, 6.07) is 3.26. The Morgan fingerprint density at radius 3 is 2.82 bits per heavy atom. The topological polar surface area (TPSA) is 50.9 Å². The third kappa shape index (κ3) is 2.65. The lowest BCUT2D eigenvalue weighted by atomic mass is 10.2. The highest BCUT2D eigenvalue weighted by molar-refractivity contribution is 5.32. The summed E-state index contributed by atoms with van der Waals surface area (Å²) in [5.41, 5.74) is 0.803. The second-order valence-corrected chi connectivity index (χ2v) is 3.58. The number of benzene rings is 1. The molecule has 6 heteroatoms. The van der Waals surface area contributed by atoms with Gasteiger partial charge in [0.25, 0.3) is 0 Å². The number of aromatic nitrogens is 3. The first-order valence-electron chi connectivity index (χ1n) is 5.18. The summed E-state index contributed by atoms with van der Waals surface area (Å²) in [5.74, 6) is -1.32. The van der Waals surface area contributed by atoms with Gasteiger partial charge in [0.15, 0.2) is 5.82 Å². The molecule has 90 valence electrons. The van der Waals surface area contributed by atoms with Crippen LogP contribution in [0, 0.1) is 11.6 Å². The molecule has 1 aromatic heterocycles. The van der Waals surface area contributed by atoms with Crippen molar-refractivity contribution in [3.8, 4) is 5.69 Å². The van der Waals surface area contributed by atoms with Gasteiger partial charge in [-0.25, -0.2) is 13.5 Å². The normalized spacial score (nSPS) is 10.8. The summed E-state index contributed by atoms with van der Waals surface area (Å²) in [7, 11) is 0. The SMILES string of the molecule is OCCCc1cn(-c2ccc(F)cc2F)nn1. The maximum absolute atomic E-state index is 13.4. The van der Waals surface area contributed by atoms with Crippen molar-refractivity contribution in [1.82, 2.24) is 15.0 Å². The third-order valence-corrected chi connectivity index (χ3v) is 2.29. The first kappa shape index (κ1) is 11.7. The van der Waals surface area contributed by atoms with E-state index in [0.29, 0.717) is 18.5 Å². The number of rotatable bonds is 4. The fraction of sp³-hybridized carbons (Fsp3) is 0.273. The lowest BCUT2D eigenvalue weighted by Gasteiger charge is -2.01. The summed E-state index contributed by atoms with van der Waals surface area (Å²) >= 11 is 0. The fourth-order valence-corrected chi connectivity index (χ4v) is 1.46. The van der Waals surface area contributed by atoms with E-state index in [1.807, 2.05) is 0 Å². The largest absolute Gasteiger partial charge is 0.396 e. The van der Waals surface area contributed by atoms with Gasteiger partial charge >= 0.3 is 0 Å². The molecule has 0 saturated carbocycles. The van der Waals surface area contributed by atoms with Crippen LogP contribution in [0.2, 0.25) is 0 Å². The molecule has 4 nitrogen and oxygen atoms in total. The van der Waals surface area contributed by atoms with Crippen LogP contribution < -0.4 is 0 Å². The van der Waals surface area contributed by atoms with Gasteiger partial charge in [-0.1, -0.05) is 5.21 Å². The first-order valence-corrected chi connectivity index (χ1v) is 5.18. The fourth-order valence-electron chi connectivity index (χ4n) is 1.46. The summed E-state index contributed by atoms with van der Waals surface area (Å²) in [6.45, 7) is 0.0672. The minimum Gasteiger partial charge on any atom is -0.396 e. The average molecular weight is 239 g/mol. The van der Waals surface area contributed by atoms with Crippen molar-refractivity contribution in [3.63, 3.8) is 0 Å². The third-order valence-electron chi connectivity index (χ3n) is 2.29. The molecule has 0 amide bonds. The summed E-state index contributed by atoms with van der Waals surface area (Å²) in [5, 5.41) is 16.3. The zero-order valence-electron chi connectivity index (χ0n) is 8.98. The summed E-state index contributed by atoms with van der Waals surface area (Å²) < 4.78 is 27.4. The quantitative estimate of drug-likeness (QED) is 0.879. The molecule has 2 aromatic rings. The van der Waals surface area contributed by atoms with Crippen LogP contribution >= 0.6 is 0 Å². The van der Waals surface area contributed by atoms with Gasteiger partial charge in [0, 0.05) is 12.7 Å². The molecular formula is C11H11F2N3O. The summed E-state index contributed by atoms with van der Waals surface area (Å²) in [4.78, 5) is 0. The van der Waals surface area contributed by atoms with E-state index in [9.17, 15) is 8.78 Å². The monoisotopic (exact) mass is 239 g/mol. The predicted molar refractivity (Wildman–Crippen MR) is 56.7 cm³/mol. The zero-order chi connectivity index (χ0) is 12.3. The molecule has 0 atom stereocenters. The van der Waals surface area contributed by atoms with Crippen molar-refractivity contribution >= 4 is 0 Å². The van der Waals surface area contributed by atoms with Gasteiger partial charge in [-0.3, -0.25) is 0 Å². The maximum Gasteiger partial charge on any atom is 0.151 e. The molecule has 0 radical (unpaired) electrons. The second kappa shape index (κ2) is 5.01. The lowest BCUT2D eigenvalue weighted by molar-refractivity contribution is 0.288. The molecule has 1 N–H and O–H groups in total. The van der Waals surface area contributed by atoms with Gasteiger partial charge in [-0.05, 0) is 25.0 Å². The Balaban J connectivity index is 2.24. The highest BCUT2D eigenvalue weighted by Crippen LogP contribution is 2.14. The van der Waals surface area contributed by atoms with Crippen LogP contribution in [0.1, 0.15) is 12.1 Å². The molecule has 0 aliphatic heterocycles. The Morgan fingerprint density at radius 1 is 1.29 bits per heavy atom. The molecule has 1 heterocycles. The van der Waals surface area contributed by atoms with E-state index < -0.39 is 11.6 Å². The smallest absolute Gasteiger partial charge is 0.151 e. The molecule has 0 aliphatic rings. The average Bonchev–Trinajstić information content (AvgIpc) is 2.75. The molecule has 0 fully saturated rings. The van der Waals surface area contributed by atoms with Crippen LogP contribution in [0.5, 0.6) is 0 Å².